The Hall–Kier alpha value is -1.06. The Morgan fingerprint density at radius 1 is 1.31 bits per heavy atom. The summed E-state index contributed by atoms with van der Waals surface area (Å²) in [5, 5.41) is 11.6. The molecule has 0 saturated heterocycles. The Morgan fingerprint density at radius 3 is 2.44 bits per heavy atom. The monoisotopic (exact) mass is 225 g/mol. The van der Waals surface area contributed by atoms with Crippen LogP contribution in [0.1, 0.15) is 39.0 Å². The lowest BCUT2D eigenvalue weighted by molar-refractivity contribution is -0.140. The zero-order chi connectivity index (χ0) is 11.8. The fourth-order valence-corrected chi connectivity index (χ4v) is 2.59. The van der Waals surface area contributed by atoms with Gasteiger partial charge in [-0.25, -0.2) is 0 Å². The Morgan fingerprint density at radius 2 is 1.94 bits per heavy atom. The van der Waals surface area contributed by atoms with E-state index < -0.39 is 11.9 Å². The van der Waals surface area contributed by atoms with E-state index in [1.165, 1.54) is 25.7 Å². The maximum atomic E-state index is 11.6. The van der Waals surface area contributed by atoms with Crippen molar-refractivity contribution in [2.75, 3.05) is 6.54 Å². The van der Waals surface area contributed by atoms with Gasteiger partial charge in [-0.2, -0.15) is 0 Å². The van der Waals surface area contributed by atoms with E-state index in [4.69, 9.17) is 5.11 Å². The van der Waals surface area contributed by atoms with Crippen LogP contribution in [0.25, 0.3) is 0 Å². The van der Waals surface area contributed by atoms with Crippen LogP contribution in [0.2, 0.25) is 0 Å². The van der Waals surface area contributed by atoms with Crippen LogP contribution in [0.3, 0.4) is 0 Å². The number of amides is 1. The third-order valence-corrected chi connectivity index (χ3v) is 3.94. The first kappa shape index (κ1) is 11.4. The quantitative estimate of drug-likeness (QED) is 0.760. The summed E-state index contributed by atoms with van der Waals surface area (Å²) in [6.45, 7) is 2.90. The van der Waals surface area contributed by atoms with E-state index >= 15 is 0 Å². The summed E-state index contributed by atoms with van der Waals surface area (Å²) in [6.07, 6.45) is 5.33. The van der Waals surface area contributed by atoms with Gasteiger partial charge in [0.05, 0.1) is 11.8 Å². The van der Waals surface area contributed by atoms with Gasteiger partial charge in [0.1, 0.15) is 0 Å². The molecule has 2 aliphatic rings. The van der Waals surface area contributed by atoms with E-state index in [9.17, 15) is 9.59 Å². The Balaban J connectivity index is 1.75. The number of hydrogen-bond acceptors (Lipinski definition) is 2. The molecule has 2 unspecified atom stereocenters. The van der Waals surface area contributed by atoms with Gasteiger partial charge in [-0.3, -0.25) is 9.59 Å². The van der Waals surface area contributed by atoms with E-state index in [2.05, 4.69) is 12.2 Å². The van der Waals surface area contributed by atoms with E-state index in [1.807, 2.05) is 0 Å². The van der Waals surface area contributed by atoms with E-state index in [0.717, 1.165) is 0 Å². The molecule has 0 aliphatic heterocycles. The molecule has 0 aromatic rings. The minimum Gasteiger partial charge on any atom is -0.481 e. The van der Waals surface area contributed by atoms with Crippen LogP contribution in [-0.2, 0) is 9.59 Å². The van der Waals surface area contributed by atoms with Crippen LogP contribution in [0, 0.1) is 17.3 Å². The second-order valence-electron chi connectivity index (χ2n) is 5.52. The van der Waals surface area contributed by atoms with Crippen molar-refractivity contribution < 1.29 is 14.7 Å². The lowest BCUT2D eigenvalue weighted by Crippen LogP contribution is -2.35. The van der Waals surface area contributed by atoms with Gasteiger partial charge < -0.3 is 10.4 Å². The molecular formula is C12H19NO3. The highest BCUT2D eigenvalue weighted by molar-refractivity contribution is 5.89. The summed E-state index contributed by atoms with van der Waals surface area (Å²) >= 11 is 0. The Kier molecular flexibility index (Phi) is 2.91. The molecule has 90 valence electrons. The molecule has 0 aromatic carbocycles. The predicted octanol–water partition coefficient (Wildman–Crippen LogP) is 1.40. The zero-order valence-corrected chi connectivity index (χ0v) is 9.66. The predicted molar refractivity (Wildman–Crippen MR) is 58.8 cm³/mol. The number of aliphatic carboxylic acids is 1. The van der Waals surface area contributed by atoms with E-state index in [1.54, 1.807) is 0 Å². The number of carboxylic acid groups (broad SMARTS) is 1. The first-order valence-corrected chi connectivity index (χ1v) is 6.02. The smallest absolute Gasteiger partial charge is 0.307 e. The van der Waals surface area contributed by atoms with Crippen LogP contribution >= 0.6 is 0 Å². The van der Waals surface area contributed by atoms with E-state index in [-0.39, 0.29) is 17.2 Å². The summed E-state index contributed by atoms with van der Waals surface area (Å²) in [5.41, 5.74) is 0.239. The number of hydrogen-bond donors (Lipinski definition) is 2. The third kappa shape index (κ3) is 2.36. The van der Waals surface area contributed by atoms with Crippen LogP contribution in [-0.4, -0.2) is 23.5 Å². The SMILES string of the molecule is CC1(CNC(=O)C2CC2C(=O)O)CCCC1. The van der Waals surface area contributed by atoms with Gasteiger partial charge in [0, 0.05) is 6.54 Å². The first-order valence-electron chi connectivity index (χ1n) is 6.02. The van der Waals surface area contributed by atoms with Crippen LogP contribution in [0.15, 0.2) is 0 Å². The number of rotatable bonds is 4. The highest BCUT2D eigenvalue weighted by atomic mass is 16.4. The van der Waals surface area contributed by atoms with Crippen molar-refractivity contribution in [3.05, 3.63) is 0 Å². The minimum atomic E-state index is -0.841. The van der Waals surface area contributed by atoms with Gasteiger partial charge in [0.2, 0.25) is 5.91 Å². The molecule has 0 bridgehead atoms. The summed E-state index contributed by atoms with van der Waals surface area (Å²) in [4.78, 5) is 22.3. The Bertz CT molecular complexity index is 307. The molecule has 1 amide bonds. The van der Waals surface area contributed by atoms with Crippen molar-refractivity contribution in [1.82, 2.24) is 5.32 Å². The second kappa shape index (κ2) is 4.07. The topological polar surface area (TPSA) is 66.4 Å². The fourth-order valence-electron chi connectivity index (χ4n) is 2.59. The van der Waals surface area contributed by atoms with Gasteiger partial charge in [0.25, 0.3) is 0 Å². The van der Waals surface area contributed by atoms with Crippen LogP contribution in [0.5, 0.6) is 0 Å². The normalized spacial score (nSPS) is 31.1. The van der Waals surface area contributed by atoms with Gasteiger partial charge in [0.15, 0.2) is 0 Å². The average Bonchev–Trinajstić information content (AvgIpc) is 2.93. The molecule has 2 aliphatic carbocycles. The standard InChI is InChI=1S/C12H19NO3/c1-12(4-2-3-5-12)7-13-10(14)8-6-9(8)11(15)16/h8-9H,2-7H2,1H3,(H,13,14)(H,15,16). The summed E-state index contributed by atoms with van der Waals surface area (Å²) < 4.78 is 0. The van der Waals surface area contributed by atoms with Crippen LogP contribution in [0.4, 0.5) is 0 Å². The number of nitrogens with one attached hydrogen (secondary N) is 1. The zero-order valence-electron chi connectivity index (χ0n) is 9.66. The molecular weight excluding hydrogens is 206 g/mol. The molecule has 2 fully saturated rings. The molecule has 2 N–H and O–H groups in total. The van der Waals surface area contributed by atoms with Crippen molar-refractivity contribution in [1.29, 1.82) is 0 Å². The van der Waals surface area contributed by atoms with Crippen molar-refractivity contribution in [3.63, 3.8) is 0 Å². The van der Waals surface area contributed by atoms with Gasteiger partial charge in [-0.05, 0) is 24.7 Å². The minimum absolute atomic E-state index is 0.0690. The lowest BCUT2D eigenvalue weighted by atomic mass is 9.89. The summed E-state index contributed by atoms with van der Waals surface area (Å²) in [6, 6.07) is 0. The first-order chi connectivity index (χ1) is 7.52. The molecule has 4 nitrogen and oxygen atoms in total. The molecule has 0 radical (unpaired) electrons. The van der Waals surface area contributed by atoms with Gasteiger partial charge in [-0.1, -0.05) is 19.8 Å². The van der Waals surface area contributed by atoms with E-state index in [0.29, 0.717) is 13.0 Å². The number of carboxylic acids is 1. The molecule has 4 heteroatoms. The molecule has 16 heavy (non-hydrogen) atoms. The second-order valence-corrected chi connectivity index (χ2v) is 5.52. The maximum absolute atomic E-state index is 11.6. The average molecular weight is 225 g/mol. The summed E-state index contributed by atoms with van der Waals surface area (Å²) in [7, 11) is 0. The lowest BCUT2D eigenvalue weighted by Gasteiger charge is -2.23. The van der Waals surface area contributed by atoms with Crippen molar-refractivity contribution in [3.8, 4) is 0 Å². The highest BCUT2D eigenvalue weighted by Crippen LogP contribution is 2.40. The molecule has 2 atom stereocenters. The van der Waals surface area contributed by atoms with Crippen molar-refractivity contribution >= 4 is 11.9 Å². The third-order valence-electron chi connectivity index (χ3n) is 3.94. The fraction of sp³-hybridized carbons (Fsp3) is 0.833. The molecule has 0 aromatic heterocycles. The molecule has 0 heterocycles. The number of carbonyl (C=O) groups excluding carboxylic acids is 1. The van der Waals surface area contributed by atoms with Crippen LogP contribution < -0.4 is 5.32 Å². The van der Waals surface area contributed by atoms with Crippen molar-refractivity contribution in [2.24, 2.45) is 17.3 Å². The van der Waals surface area contributed by atoms with Gasteiger partial charge in [-0.15, -0.1) is 0 Å². The largest absolute Gasteiger partial charge is 0.481 e. The summed E-state index contributed by atoms with van der Waals surface area (Å²) in [5.74, 6) is -1.62. The maximum Gasteiger partial charge on any atom is 0.307 e. The highest BCUT2D eigenvalue weighted by Gasteiger charge is 2.48. The van der Waals surface area contributed by atoms with Gasteiger partial charge >= 0.3 is 5.97 Å². The molecule has 0 spiro atoms. The molecule has 2 rings (SSSR count). The molecule has 2 saturated carbocycles. The Labute approximate surface area is 95.4 Å². The van der Waals surface area contributed by atoms with Crippen molar-refractivity contribution in [2.45, 2.75) is 39.0 Å². The number of carbonyl (C=O) groups is 2.